The molecule has 5 rings (SSSR count). The van der Waals surface area contributed by atoms with Crippen LogP contribution in [0.15, 0.2) is 73.2 Å². The number of nitrogen functional groups attached to an aromatic ring is 1. The molecule has 7 nitrogen and oxygen atoms in total. The van der Waals surface area contributed by atoms with Crippen LogP contribution in [0.3, 0.4) is 0 Å². The molecule has 7 heteroatoms. The second-order valence-electron chi connectivity index (χ2n) is 8.22. The number of pyridine rings is 1. The molecule has 1 saturated carbocycles. The number of aromatic nitrogens is 3. The summed E-state index contributed by atoms with van der Waals surface area (Å²) in [5, 5.41) is 2.99. The second kappa shape index (κ2) is 8.35. The van der Waals surface area contributed by atoms with Crippen LogP contribution in [0.1, 0.15) is 44.8 Å². The summed E-state index contributed by atoms with van der Waals surface area (Å²) in [6, 6.07) is 18.6. The first-order valence-electron chi connectivity index (χ1n) is 10.8. The fourth-order valence-electron chi connectivity index (χ4n) is 3.72. The van der Waals surface area contributed by atoms with Gasteiger partial charge in [0.05, 0.1) is 11.4 Å². The van der Waals surface area contributed by atoms with Crippen molar-refractivity contribution in [2.45, 2.75) is 25.8 Å². The molecule has 3 N–H and O–H groups in total. The smallest absolute Gasteiger partial charge is 0.251 e. The van der Waals surface area contributed by atoms with Gasteiger partial charge < -0.3 is 11.1 Å². The van der Waals surface area contributed by atoms with E-state index in [0.717, 1.165) is 29.7 Å². The molecular weight excluding hydrogens is 414 g/mol. The minimum Gasteiger partial charge on any atom is -0.383 e. The summed E-state index contributed by atoms with van der Waals surface area (Å²) in [6.07, 6.45) is 5.28. The van der Waals surface area contributed by atoms with Crippen molar-refractivity contribution in [1.82, 2.24) is 19.9 Å². The third kappa shape index (κ3) is 4.13. The molecule has 1 aliphatic carbocycles. The van der Waals surface area contributed by atoms with E-state index in [9.17, 15) is 9.59 Å². The topological polar surface area (TPSA) is 103 Å². The lowest BCUT2D eigenvalue weighted by molar-refractivity contribution is 0.0950. The van der Waals surface area contributed by atoms with Crippen LogP contribution in [0.25, 0.3) is 16.9 Å². The molecule has 164 valence electrons. The van der Waals surface area contributed by atoms with Gasteiger partial charge in [-0.1, -0.05) is 30.3 Å². The van der Waals surface area contributed by atoms with E-state index in [2.05, 4.69) is 15.3 Å². The van der Waals surface area contributed by atoms with Crippen molar-refractivity contribution >= 4 is 17.5 Å². The molecule has 1 aliphatic rings. The number of amides is 1. The van der Waals surface area contributed by atoms with Crippen LogP contribution in [0.2, 0.25) is 0 Å². The Hall–Kier alpha value is -4.26. The van der Waals surface area contributed by atoms with E-state index in [0.29, 0.717) is 16.8 Å². The Labute approximate surface area is 191 Å². The van der Waals surface area contributed by atoms with E-state index in [1.165, 1.54) is 6.33 Å². The number of aryl methyl sites for hydroxylation is 1. The van der Waals surface area contributed by atoms with Crippen LogP contribution in [0.5, 0.6) is 0 Å². The summed E-state index contributed by atoms with van der Waals surface area (Å²) in [5.74, 6) is -0.157. The number of carbonyl (C=O) groups is 2. The van der Waals surface area contributed by atoms with Gasteiger partial charge in [0.2, 0.25) is 5.78 Å². The van der Waals surface area contributed by atoms with Gasteiger partial charge in [0.15, 0.2) is 5.69 Å². The zero-order valence-electron chi connectivity index (χ0n) is 18.2. The Bertz CT molecular complexity index is 1360. The number of anilines is 1. The molecule has 0 bridgehead atoms. The Morgan fingerprint density at radius 3 is 2.61 bits per heavy atom. The number of carbonyl (C=O) groups excluding carboxylic acids is 2. The molecule has 4 aromatic rings. The Morgan fingerprint density at radius 1 is 1.00 bits per heavy atom. The lowest BCUT2D eigenvalue weighted by Gasteiger charge is -2.12. The highest BCUT2D eigenvalue weighted by molar-refractivity contribution is 6.11. The van der Waals surface area contributed by atoms with E-state index >= 15 is 0 Å². The van der Waals surface area contributed by atoms with Gasteiger partial charge in [-0.3, -0.25) is 19.1 Å². The monoisotopic (exact) mass is 437 g/mol. The fourth-order valence-corrected chi connectivity index (χ4v) is 3.72. The molecule has 33 heavy (non-hydrogen) atoms. The standard InChI is InChI=1S/C26H23N5O2/c1-16-8-9-19(26(33)30-20-10-11-20)14-22(16)31-15-29-23(25(31)27)24(32)18-6-4-5-17(13-18)21-7-2-3-12-28-21/h2-9,12-15,20H,10-11,27H2,1H3,(H,30,33). The largest absolute Gasteiger partial charge is 0.383 e. The first kappa shape index (κ1) is 20.6. The molecule has 2 aromatic carbocycles. The van der Waals surface area contributed by atoms with Crippen LogP contribution in [0, 0.1) is 6.92 Å². The molecule has 0 aliphatic heterocycles. The van der Waals surface area contributed by atoms with Crippen LogP contribution < -0.4 is 11.1 Å². The van der Waals surface area contributed by atoms with Gasteiger partial charge in [-0.25, -0.2) is 4.98 Å². The maximum Gasteiger partial charge on any atom is 0.251 e. The maximum atomic E-state index is 13.2. The molecule has 1 fully saturated rings. The van der Waals surface area contributed by atoms with E-state index in [-0.39, 0.29) is 29.2 Å². The first-order valence-corrected chi connectivity index (χ1v) is 10.8. The van der Waals surface area contributed by atoms with Crippen LogP contribution >= 0.6 is 0 Å². The summed E-state index contributed by atoms with van der Waals surface area (Å²) >= 11 is 0. The number of imidazole rings is 1. The summed E-state index contributed by atoms with van der Waals surface area (Å²) in [7, 11) is 0. The van der Waals surface area contributed by atoms with Gasteiger partial charge in [0, 0.05) is 28.9 Å². The number of nitrogens with two attached hydrogens (primary N) is 1. The second-order valence-corrected chi connectivity index (χ2v) is 8.22. The molecule has 0 atom stereocenters. The number of nitrogens with one attached hydrogen (secondary N) is 1. The van der Waals surface area contributed by atoms with Crippen molar-refractivity contribution < 1.29 is 9.59 Å². The van der Waals surface area contributed by atoms with E-state index in [1.807, 2.05) is 43.3 Å². The van der Waals surface area contributed by atoms with Crippen LogP contribution in [-0.4, -0.2) is 32.3 Å². The van der Waals surface area contributed by atoms with E-state index in [4.69, 9.17) is 5.73 Å². The lowest BCUT2D eigenvalue weighted by Crippen LogP contribution is -2.25. The molecule has 0 saturated heterocycles. The highest BCUT2D eigenvalue weighted by Gasteiger charge is 2.24. The molecule has 2 heterocycles. The van der Waals surface area contributed by atoms with Crippen molar-refractivity contribution in [2.75, 3.05) is 5.73 Å². The predicted octanol–water partition coefficient (Wildman–Crippen LogP) is 3.95. The first-order chi connectivity index (χ1) is 16.0. The average molecular weight is 438 g/mol. The SMILES string of the molecule is Cc1ccc(C(=O)NC2CC2)cc1-n1cnc(C(=O)c2cccc(-c3ccccn3)c2)c1N. The third-order valence-corrected chi connectivity index (χ3v) is 5.75. The fraction of sp³-hybridized carbons (Fsp3) is 0.154. The van der Waals surface area contributed by atoms with Crippen LogP contribution in [-0.2, 0) is 0 Å². The Kier molecular flexibility index (Phi) is 5.22. The number of nitrogens with zero attached hydrogens (tertiary/aromatic N) is 3. The molecular formula is C26H23N5O2. The van der Waals surface area contributed by atoms with Crippen molar-refractivity contribution in [3.05, 3.63) is 95.6 Å². The highest BCUT2D eigenvalue weighted by Crippen LogP contribution is 2.26. The number of hydrogen-bond acceptors (Lipinski definition) is 5. The minimum atomic E-state index is -0.274. The third-order valence-electron chi connectivity index (χ3n) is 5.75. The number of rotatable bonds is 6. The van der Waals surface area contributed by atoms with Gasteiger partial charge >= 0.3 is 0 Å². The molecule has 2 aromatic heterocycles. The molecule has 0 radical (unpaired) electrons. The summed E-state index contributed by atoms with van der Waals surface area (Å²) in [6.45, 7) is 1.93. The number of hydrogen-bond donors (Lipinski definition) is 2. The highest BCUT2D eigenvalue weighted by atomic mass is 16.1. The molecule has 0 spiro atoms. The zero-order valence-corrected chi connectivity index (χ0v) is 18.2. The zero-order chi connectivity index (χ0) is 22.9. The van der Waals surface area contributed by atoms with Gasteiger partial charge in [0.1, 0.15) is 12.1 Å². The van der Waals surface area contributed by atoms with Crippen molar-refractivity contribution in [2.24, 2.45) is 0 Å². The van der Waals surface area contributed by atoms with Gasteiger partial charge in [0.25, 0.3) is 5.91 Å². The van der Waals surface area contributed by atoms with Crippen molar-refractivity contribution in [3.8, 4) is 16.9 Å². The summed E-state index contributed by atoms with van der Waals surface area (Å²) in [5.41, 5.74) is 10.8. The lowest BCUT2D eigenvalue weighted by atomic mass is 10.0. The number of ketones is 1. The minimum absolute atomic E-state index is 0.111. The van der Waals surface area contributed by atoms with Crippen molar-refractivity contribution in [1.29, 1.82) is 0 Å². The maximum absolute atomic E-state index is 13.2. The summed E-state index contributed by atoms with van der Waals surface area (Å²) < 4.78 is 1.65. The Morgan fingerprint density at radius 2 is 1.85 bits per heavy atom. The van der Waals surface area contributed by atoms with Gasteiger partial charge in [-0.15, -0.1) is 0 Å². The quantitative estimate of drug-likeness (QED) is 0.445. The van der Waals surface area contributed by atoms with Gasteiger partial charge in [-0.05, 0) is 55.7 Å². The van der Waals surface area contributed by atoms with E-state index < -0.39 is 0 Å². The Balaban J connectivity index is 1.46. The predicted molar refractivity (Wildman–Crippen MR) is 126 cm³/mol. The summed E-state index contributed by atoms with van der Waals surface area (Å²) in [4.78, 5) is 34.4. The van der Waals surface area contributed by atoms with Crippen LogP contribution in [0.4, 0.5) is 5.82 Å². The van der Waals surface area contributed by atoms with Gasteiger partial charge in [-0.2, -0.15) is 0 Å². The molecule has 0 unspecified atom stereocenters. The number of benzene rings is 2. The van der Waals surface area contributed by atoms with E-state index in [1.54, 1.807) is 35.0 Å². The van der Waals surface area contributed by atoms with Crippen molar-refractivity contribution in [3.63, 3.8) is 0 Å². The normalized spacial score (nSPS) is 13.0. The molecule has 1 amide bonds. The average Bonchev–Trinajstić information content (AvgIpc) is 3.58.